The first-order valence-electron chi connectivity index (χ1n) is 12.3. The Hall–Kier alpha value is -4.30. The number of benzene rings is 3. The van der Waals surface area contributed by atoms with Crippen molar-refractivity contribution in [2.24, 2.45) is 0 Å². The summed E-state index contributed by atoms with van der Waals surface area (Å²) in [4.78, 5) is 26.6. The third kappa shape index (κ3) is 5.92. The van der Waals surface area contributed by atoms with Crippen LogP contribution in [0.4, 0.5) is 27.4 Å². The number of piperazine rings is 1. The number of nitrogens with zero attached hydrogens (tertiary/aromatic N) is 4. The van der Waals surface area contributed by atoms with E-state index >= 15 is 0 Å². The molecule has 0 radical (unpaired) electrons. The van der Waals surface area contributed by atoms with Crippen molar-refractivity contribution in [3.8, 4) is 11.3 Å². The Balaban J connectivity index is 1.30. The highest BCUT2D eigenvalue weighted by Crippen LogP contribution is 2.25. The van der Waals surface area contributed by atoms with E-state index in [1.807, 2.05) is 31.2 Å². The molecular formula is C29H29FN6O. The highest BCUT2D eigenvalue weighted by Gasteiger charge is 2.15. The molecule has 0 saturated carbocycles. The number of carbonyl (C=O) groups is 1. The summed E-state index contributed by atoms with van der Waals surface area (Å²) in [5.41, 5.74) is 5.52. The fourth-order valence-corrected chi connectivity index (χ4v) is 4.27. The number of hydrogen-bond donors (Lipinski definition) is 2. The number of halogens is 1. The van der Waals surface area contributed by atoms with Gasteiger partial charge < -0.3 is 20.4 Å². The van der Waals surface area contributed by atoms with Crippen LogP contribution in [-0.2, 0) is 0 Å². The van der Waals surface area contributed by atoms with Crippen molar-refractivity contribution in [2.45, 2.75) is 6.92 Å². The second-order valence-corrected chi connectivity index (χ2v) is 9.22. The summed E-state index contributed by atoms with van der Waals surface area (Å²) < 4.78 is 13.3. The first-order valence-corrected chi connectivity index (χ1v) is 12.3. The molecule has 1 amide bonds. The maximum Gasteiger partial charge on any atom is 0.255 e. The molecule has 188 valence electrons. The van der Waals surface area contributed by atoms with Crippen molar-refractivity contribution < 1.29 is 9.18 Å². The normalized spacial score (nSPS) is 13.9. The molecule has 0 aliphatic carbocycles. The van der Waals surface area contributed by atoms with Crippen LogP contribution >= 0.6 is 0 Å². The third-order valence-electron chi connectivity index (χ3n) is 6.51. The van der Waals surface area contributed by atoms with Crippen LogP contribution in [0.2, 0.25) is 0 Å². The van der Waals surface area contributed by atoms with Crippen LogP contribution in [0.15, 0.2) is 79.0 Å². The first kappa shape index (κ1) is 24.4. The molecule has 4 aromatic rings. The molecule has 1 fully saturated rings. The standard InChI is InChI=1S/C29H29FN6O/c1-20-6-7-22(28(37)32-24-4-3-5-25(19-24)36-16-14-35(2)15-17-36)18-27(20)34-29-31-13-12-26(33-29)21-8-10-23(30)11-9-21/h3-13,18-19H,14-17H2,1-2H3,(H,32,37)(H,31,33,34). The fraction of sp³-hybridized carbons (Fsp3) is 0.207. The average molecular weight is 497 g/mol. The summed E-state index contributed by atoms with van der Waals surface area (Å²) in [6.07, 6.45) is 1.65. The van der Waals surface area contributed by atoms with Crippen molar-refractivity contribution in [1.82, 2.24) is 14.9 Å². The predicted octanol–water partition coefficient (Wildman–Crippen LogP) is 5.34. The molecule has 7 nitrogen and oxygen atoms in total. The quantitative estimate of drug-likeness (QED) is 0.376. The Kier molecular flexibility index (Phi) is 7.09. The molecule has 2 N–H and O–H groups in total. The lowest BCUT2D eigenvalue weighted by Crippen LogP contribution is -2.44. The van der Waals surface area contributed by atoms with Gasteiger partial charge in [0.1, 0.15) is 5.82 Å². The lowest BCUT2D eigenvalue weighted by atomic mass is 10.1. The second kappa shape index (κ2) is 10.8. The first-order chi connectivity index (χ1) is 17.9. The zero-order valence-corrected chi connectivity index (χ0v) is 20.9. The molecule has 2 heterocycles. The molecule has 8 heteroatoms. The van der Waals surface area contributed by atoms with E-state index in [1.54, 1.807) is 36.5 Å². The van der Waals surface area contributed by atoms with Crippen molar-refractivity contribution >= 4 is 28.9 Å². The van der Waals surface area contributed by atoms with Crippen LogP contribution in [0.5, 0.6) is 0 Å². The molecule has 1 saturated heterocycles. The Bertz CT molecular complexity index is 1400. The van der Waals surface area contributed by atoms with Gasteiger partial charge >= 0.3 is 0 Å². The summed E-state index contributed by atoms with van der Waals surface area (Å²) in [7, 11) is 2.13. The van der Waals surface area contributed by atoms with Gasteiger partial charge in [-0.1, -0.05) is 12.1 Å². The SMILES string of the molecule is Cc1ccc(C(=O)Nc2cccc(N3CCN(C)CC3)c2)cc1Nc1nccc(-c2ccc(F)cc2)n1. The number of aryl methyl sites for hydroxylation is 1. The minimum atomic E-state index is -0.298. The molecule has 0 atom stereocenters. The van der Waals surface area contributed by atoms with E-state index < -0.39 is 0 Å². The molecular weight excluding hydrogens is 467 g/mol. The Morgan fingerprint density at radius 1 is 0.946 bits per heavy atom. The largest absolute Gasteiger partial charge is 0.369 e. The van der Waals surface area contributed by atoms with Crippen LogP contribution in [0.1, 0.15) is 15.9 Å². The van der Waals surface area contributed by atoms with Gasteiger partial charge in [0.25, 0.3) is 5.91 Å². The summed E-state index contributed by atoms with van der Waals surface area (Å²) in [6.45, 7) is 5.92. The van der Waals surface area contributed by atoms with Crippen molar-refractivity contribution in [2.75, 3.05) is 48.8 Å². The number of aromatic nitrogens is 2. The number of amides is 1. The summed E-state index contributed by atoms with van der Waals surface area (Å²) >= 11 is 0. The van der Waals surface area contributed by atoms with E-state index in [4.69, 9.17) is 0 Å². The van der Waals surface area contributed by atoms with Crippen molar-refractivity contribution in [1.29, 1.82) is 0 Å². The molecule has 1 aromatic heterocycles. The van der Waals surface area contributed by atoms with Crippen LogP contribution in [0.25, 0.3) is 11.3 Å². The Morgan fingerprint density at radius 2 is 1.73 bits per heavy atom. The van der Waals surface area contributed by atoms with Crippen LogP contribution in [-0.4, -0.2) is 54.0 Å². The van der Waals surface area contributed by atoms with Gasteiger partial charge in [0.15, 0.2) is 0 Å². The van der Waals surface area contributed by atoms with E-state index in [0.29, 0.717) is 17.2 Å². The van der Waals surface area contributed by atoms with Crippen molar-refractivity contribution in [3.05, 3.63) is 95.9 Å². The minimum Gasteiger partial charge on any atom is -0.369 e. The topological polar surface area (TPSA) is 73.4 Å². The van der Waals surface area contributed by atoms with Crippen LogP contribution in [0, 0.1) is 12.7 Å². The molecule has 0 bridgehead atoms. The molecule has 3 aromatic carbocycles. The highest BCUT2D eigenvalue weighted by molar-refractivity contribution is 6.05. The number of carbonyl (C=O) groups excluding carboxylic acids is 1. The summed E-state index contributed by atoms with van der Waals surface area (Å²) in [6, 6.07) is 21.4. The third-order valence-corrected chi connectivity index (χ3v) is 6.51. The van der Waals surface area contributed by atoms with E-state index in [9.17, 15) is 9.18 Å². The van der Waals surface area contributed by atoms with Gasteiger partial charge in [-0.3, -0.25) is 4.79 Å². The fourth-order valence-electron chi connectivity index (χ4n) is 4.27. The number of likely N-dealkylation sites (N-methyl/N-ethyl adjacent to an activating group) is 1. The molecule has 0 unspecified atom stereocenters. The predicted molar refractivity (Wildman–Crippen MR) is 146 cm³/mol. The van der Waals surface area contributed by atoms with Crippen molar-refractivity contribution in [3.63, 3.8) is 0 Å². The smallest absolute Gasteiger partial charge is 0.255 e. The van der Waals surface area contributed by atoms with Gasteiger partial charge in [0.2, 0.25) is 5.95 Å². The Morgan fingerprint density at radius 3 is 2.51 bits per heavy atom. The zero-order chi connectivity index (χ0) is 25.8. The van der Waals surface area contributed by atoms with Gasteiger partial charge in [-0.25, -0.2) is 14.4 Å². The monoisotopic (exact) mass is 496 g/mol. The van der Waals surface area contributed by atoms with Gasteiger partial charge in [-0.05, 0) is 80.2 Å². The number of nitrogens with one attached hydrogen (secondary N) is 2. The molecule has 5 rings (SSSR count). The van der Waals surface area contributed by atoms with E-state index in [2.05, 4.69) is 43.5 Å². The second-order valence-electron chi connectivity index (χ2n) is 9.22. The van der Waals surface area contributed by atoms with Crippen LogP contribution in [0.3, 0.4) is 0 Å². The maximum atomic E-state index is 13.3. The van der Waals surface area contributed by atoms with E-state index in [0.717, 1.165) is 54.4 Å². The average Bonchev–Trinajstić information content (AvgIpc) is 2.91. The van der Waals surface area contributed by atoms with E-state index in [1.165, 1.54) is 12.1 Å². The number of hydrogen-bond acceptors (Lipinski definition) is 6. The maximum absolute atomic E-state index is 13.3. The molecule has 0 spiro atoms. The molecule has 37 heavy (non-hydrogen) atoms. The minimum absolute atomic E-state index is 0.195. The lowest BCUT2D eigenvalue weighted by molar-refractivity contribution is 0.102. The zero-order valence-electron chi connectivity index (χ0n) is 20.9. The van der Waals surface area contributed by atoms with Gasteiger partial charge in [0.05, 0.1) is 5.69 Å². The number of rotatable bonds is 6. The van der Waals surface area contributed by atoms with Gasteiger partial charge in [-0.2, -0.15) is 0 Å². The molecule has 1 aliphatic rings. The highest BCUT2D eigenvalue weighted by atomic mass is 19.1. The van der Waals surface area contributed by atoms with Gasteiger partial charge in [0, 0.05) is 60.6 Å². The summed E-state index contributed by atoms with van der Waals surface area (Å²) in [5.74, 6) is -0.102. The Labute approximate surface area is 216 Å². The lowest BCUT2D eigenvalue weighted by Gasteiger charge is -2.34. The van der Waals surface area contributed by atoms with Crippen LogP contribution < -0.4 is 15.5 Å². The summed E-state index contributed by atoms with van der Waals surface area (Å²) in [5, 5.41) is 6.25. The number of anilines is 4. The van der Waals surface area contributed by atoms with Gasteiger partial charge in [-0.15, -0.1) is 0 Å². The van der Waals surface area contributed by atoms with E-state index in [-0.39, 0.29) is 11.7 Å². The molecule has 1 aliphatic heterocycles.